The monoisotopic (exact) mass is 230 g/mol. The molecule has 0 atom stereocenters. The molecule has 0 heterocycles. The van der Waals surface area contributed by atoms with Crippen molar-refractivity contribution in [3.8, 4) is 0 Å². The van der Waals surface area contributed by atoms with Crippen molar-refractivity contribution in [3.63, 3.8) is 0 Å². The summed E-state index contributed by atoms with van der Waals surface area (Å²) in [5.74, 6) is 0. The lowest BCUT2D eigenvalue weighted by Crippen LogP contribution is -2.06. The minimum Gasteiger partial charge on any atom is -0.0741 e. The van der Waals surface area contributed by atoms with Crippen molar-refractivity contribution >= 4 is 32.4 Å². The molecule has 0 nitrogen and oxygen atoms in total. The van der Waals surface area contributed by atoms with Gasteiger partial charge in [0, 0.05) is 7.61 Å². The van der Waals surface area contributed by atoms with Crippen molar-refractivity contribution in [3.05, 3.63) is 60.7 Å². The van der Waals surface area contributed by atoms with E-state index in [1.165, 1.54) is 18.5 Å². The molecule has 0 aliphatic rings. The molecule has 0 saturated heterocycles. The molecule has 2 heteroatoms. The summed E-state index contributed by atoms with van der Waals surface area (Å²) < 4.78 is 0. The summed E-state index contributed by atoms with van der Waals surface area (Å²) in [6.45, 7) is 0. The first-order valence-electron chi connectivity index (χ1n) is 4.78. The van der Waals surface area contributed by atoms with Gasteiger partial charge in [-0.05, 0) is 10.6 Å². The van der Waals surface area contributed by atoms with E-state index in [-0.39, 0.29) is 7.61 Å². The van der Waals surface area contributed by atoms with Gasteiger partial charge in [0.05, 0.1) is 0 Å². The van der Waals surface area contributed by atoms with Crippen LogP contribution in [-0.4, -0.2) is 6.30 Å². The molecule has 0 saturated carbocycles. The van der Waals surface area contributed by atoms with Gasteiger partial charge in [0.2, 0.25) is 0 Å². The minimum absolute atomic E-state index is 0.288. The molecule has 0 spiro atoms. The second kappa shape index (κ2) is 5.21. The van der Waals surface area contributed by atoms with Gasteiger partial charge in [-0.3, -0.25) is 0 Å². The lowest BCUT2D eigenvalue weighted by atomic mass is 10.4. The molecule has 2 rings (SSSR count). The normalized spacial score (nSPS) is 10.7. The first-order chi connectivity index (χ1) is 7.42. The van der Waals surface area contributed by atoms with Crippen LogP contribution < -0.4 is 10.6 Å². The van der Waals surface area contributed by atoms with Crippen molar-refractivity contribution < 1.29 is 0 Å². The van der Waals surface area contributed by atoms with Crippen LogP contribution in [0.25, 0.3) is 0 Å². The average Bonchev–Trinajstić information content (AvgIpc) is 2.33. The van der Waals surface area contributed by atoms with E-state index in [0.717, 1.165) is 0 Å². The van der Waals surface area contributed by atoms with Crippen molar-refractivity contribution in [1.29, 1.82) is 0 Å². The maximum absolute atomic E-state index is 4.04. The van der Waals surface area contributed by atoms with Crippen LogP contribution in [0, 0.1) is 0 Å². The van der Waals surface area contributed by atoms with E-state index in [0.29, 0.717) is 0 Å². The molecule has 0 aromatic heterocycles. The van der Waals surface area contributed by atoms with E-state index in [1.54, 1.807) is 0 Å². The quantitative estimate of drug-likeness (QED) is 0.709. The molecule has 0 amide bonds. The van der Waals surface area contributed by atoms with Gasteiger partial charge in [-0.2, -0.15) is 0 Å². The Morgan fingerprint density at radius 2 is 1.13 bits per heavy atom. The highest BCUT2D eigenvalue weighted by Gasteiger charge is 2.08. The van der Waals surface area contributed by atoms with E-state index in [9.17, 15) is 0 Å². The zero-order chi connectivity index (χ0) is 10.5. The van der Waals surface area contributed by atoms with Gasteiger partial charge >= 0.3 is 0 Å². The molecule has 74 valence electrons. The lowest BCUT2D eigenvalue weighted by molar-refractivity contribution is 1.76. The van der Waals surface area contributed by atoms with Crippen LogP contribution in [0.4, 0.5) is 0 Å². The topological polar surface area (TPSA) is 0 Å². The van der Waals surface area contributed by atoms with Gasteiger partial charge in [0.15, 0.2) is 0 Å². The maximum atomic E-state index is 4.04. The summed E-state index contributed by atoms with van der Waals surface area (Å²) in [7, 11) is 0.917. The highest BCUT2D eigenvalue weighted by Crippen LogP contribution is 2.45. The van der Waals surface area contributed by atoms with Crippen LogP contribution in [0.1, 0.15) is 0 Å². The first kappa shape index (κ1) is 10.6. The van der Waals surface area contributed by atoms with Crippen LogP contribution in [0.15, 0.2) is 60.7 Å². The number of hydrogen-bond acceptors (Lipinski definition) is 0. The minimum atomic E-state index is -0.288. The standard InChI is InChI=1S/C13H12P2/c1-14-15(12-8-4-2-5-9-12)13-10-6-3-7-11-13/h2-11H,1H2. The summed E-state index contributed by atoms with van der Waals surface area (Å²) in [4.78, 5) is 0. The Balaban J connectivity index is 2.38. The Bertz CT molecular complexity index is 383. The molecule has 0 aliphatic carbocycles. The van der Waals surface area contributed by atoms with Crippen LogP contribution in [0.5, 0.6) is 0 Å². The van der Waals surface area contributed by atoms with Crippen LogP contribution in [-0.2, 0) is 0 Å². The maximum Gasteiger partial charge on any atom is 0.00839 e. The van der Waals surface area contributed by atoms with Gasteiger partial charge in [0.1, 0.15) is 0 Å². The molecule has 0 bridgehead atoms. The molecule has 0 N–H and O–H groups in total. The summed E-state index contributed by atoms with van der Waals surface area (Å²) in [6.07, 6.45) is 4.04. The third-order valence-electron chi connectivity index (χ3n) is 2.14. The predicted octanol–water partition coefficient (Wildman–Crippen LogP) is 3.41. The van der Waals surface area contributed by atoms with E-state index >= 15 is 0 Å². The molecule has 0 fully saturated rings. The third kappa shape index (κ3) is 2.53. The molecule has 0 radical (unpaired) electrons. The summed E-state index contributed by atoms with van der Waals surface area (Å²) in [6, 6.07) is 21.3. The molecule has 0 aliphatic heterocycles. The summed E-state index contributed by atoms with van der Waals surface area (Å²) in [5, 5.41) is 2.80. The molecule has 15 heavy (non-hydrogen) atoms. The van der Waals surface area contributed by atoms with E-state index in [2.05, 4.69) is 67.0 Å². The second-order valence-electron chi connectivity index (χ2n) is 3.12. The molecule has 2 aromatic rings. The Morgan fingerprint density at radius 3 is 1.47 bits per heavy atom. The fourth-order valence-corrected chi connectivity index (χ4v) is 4.76. The Morgan fingerprint density at radius 1 is 0.733 bits per heavy atom. The zero-order valence-corrected chi connectivity index (χ0v) is 10.2. The molecular formula is C13H12P2. The SMILES string of the molecule is C=PP(c1ccccc1)c1ccccc1. The van der Waals surface area contributed by atoms with Gasteiger partial charge in [-0.1, -0.05) is 74.9 Å². The Kier molecular flexibility index (Phi) is 3.67. The zero-order valence-electron chi connectivity index (χ0n) is 8.38. The average molecular weight is 230 g/mol. The first-order valence-corrected chi connectivity index (χ1v) is 7.91. The van der Waals surface area contributed by atoms with Crippen molar-refractivity contribution in [2.45, 2.75) is 0 Å². The molecule has 2 aromatic carbocycles. The summed E-state index contributed by atoms with van der Waals surface area (Å²) >= 11 is 0. The second-order valence-corrected chi connectivity index (χ2v) is 7.11. The lowest BCUT2D eigenvalue weighted by Gasteiger charge is -2.12. The molecule has 0 unspecified atom stereocenters. The van der Waals surface area contributed by atoms with Crippen LogP contribution >= 0.6 is 15.5 Å². The van der Waals surface area contributed by atoms with Crippen molar-refractivity contribution in [2.75, 3.05) is 0 Å². The fraction of sp³-hybridized carbons (Fsp3) is 0. The van der Waals surface area contributed by atoms with E-state index < -0.39 is 0 Å². The number of benzene rings is 2. The van der Waals surface area contributed by atoms with Gasteiger partial charge in [0.25, 0.3) is 0 Å². The van der Waals surface area contributed by atoms with Crippen molar-refractivity contribution in [1.82, 2.24) is 0 Å². The largest absolute Gasteiger partial charge is 0.0741 e. The highest BCUT2D eigenvalue weighted by molar-refractivity contribution is 8.27. The van der Waals surface area contributed by atoms with Gasteiger partial charge < -0.3 is 0 Å². The fourth-order valence-electron chi connectivity index (χ4n) is 1.45. The van der Waals surface area contributed by atoms with Gasteiger partial charge in [-0.25, -0.2) is 0 Å². The van der Waals surface area contributed by atoms with Crippen LogP contribution in [0.3, 0.4) is 0 Å². The molecular weight excluding hydrogens is 218 g/mol. The van der Waals surface area contributed by atoms with Crippen molar-refractivity contribution in [2.24, 2.45) is 0 Å². The predicted molar refractivity (Wildman–Crippen MR) is 73.1 cm³/mol. The van der Waals surface area contributed by atoms with Crippen LogP contribution in [0.2, 0.25) is 0 Å². The van der Waals surface area contributed by atoms with E-state index in [4.69, 9.17) is 0 Å². The smallest absolute Gasteiger partial charge is 0.00839 e. The van der Waals surface area contributed by atoms with E-state index in [1.807, 2.05) is 0 Å². The summed E-state index contributed by atoms with van der Waals surface area (Å²) in [5.41, 5.74) is 0. The third-order valence-corrected chi connectivity index (χ3v) is 6.23. The Labute approximate surface area is 93.4 Å². The highest BCUT2D eigenvalue weighted by atomic mass is 32.0. The number of rotatable bonds is 3. The van der Waals surface area contributed by atoms with Gasteiger partial charge in [-0.15, -0.1) is 0 Å². The Hall–Kier alpha value is -0.960. The number of hydrogen-bond donors (Lipinski definition) is 0.